The van der Waals surface area contributed by atoms with Gasteiger partial charge in [-0.1, -0.05) is 23.7 Å². The van der Waals surface area contributed by atoms with E-state index in [1.807, 2.05) is 0 Å². The lowest BCUT2D eigenvalue weighted by atomic mass is 9.95. The topological polar surface area (TPSA) is 87.1 Å². The van der Waals surface area contributed by atoms with Crippen LogP contribution in [0.5, 0.6) is 11.5 Å². The number of aliphatic hydroxyl groups excluding tert-OH is 1. The summed E-state index contributed by atoms with van der Waals surface area (Å²) in [6.45, 7) is 2.12. The molecule has 1 saturated heterocycles. The van der Waals surface area contributed by atoms with E-state index >= 15 is 0 Å². The number of ether oxygens (including phenoxy) is 1. The Kier molecular flexibility index (Phi) is 6.07. The predicted molar refractivity (Wildman–Crippen MR) is 122 cm³/mol. The number of halogens is 2. The minimum absolute atomic E-state index is 0.00320. The number of nitrogens with zero attached hydrogens (tertiary/aromatic N) is 1. The maximum atomic E-state index is 13.5. The molecule has 6 nitrogen and oxygen atoms in total. The van der Waals surface area contributed by atoms with Gasteiger partial charge in [-0.05, 0) is 67.1 Å². The highest BCUT2D eigenvalue weighted by Crippen LogP contribution is 2.43. The summed E-state index contributed by atoms with van der Waals surface area (Å²) in [7, 11) is 0. The molecule has 33 heavy (non-hydrogen) atoms. The van der Waals surface area contributed by atoms with Crippen LogP contribution < -0.4 is 9.64 Å². The molecule has 1 amide bonds. The van der Waals surface area contributed by atoms with Crippen molar-refractivity contribution in [1.29, 1.82) is 0 Å². The van der Waals surface area contributed by atoms with Crippen LogP contribution in [-0.2, 0) is 9.59 Å². The van der Waals surface area contributed by atoms with Crippen LogP contribution in [0.1, 0.15) is 24.1 Å². The first-order valence-electron chi connectivity index (χ1n) is 10.1. The molecule has 1 fully saturated rings. The fraction of sp³-hybridized carbons (Fsp3) is 0.120. The second kappa shape index (κ2) is 8.96. The van der Waals surface area contributed by atoms with Crippen molar-refractivity contribution in [3.05, 3.63) is 94.3 Å². The van der Waals surface area contributed by atoms with Gasteiger partial charge >= 0.3 is 0 Å². The second-order valence-electron chi connectivity index (χ2n) is 7.32. The summed E-state index contributed by atoms with van der Waals surface area (Å²) < 4.78 is 19.0. The van der Waals surface area contributed by atoms with Crippen molar-refractivity contribution in [2.75, 3.05) is 11.5 Å². The summed E-state index contributed by atoms with van der Waals surface area (Å²) in [6.07, 6.45) is 0. The van der Waals surface area contributed by atoms with Crippen LogP contribution in [-0.4, -0.2) is 28.5 Å². The first-order valence-corrected chi connectivity index (χ1v) is 10.5. The SMILES string of the molecule is CCOc1cc(/C(O)=C2/C(=O)C(=O)N(c3ccc(F)cc3)C2c2ccc(O)cc2)ccc1Cl. The highest BCUT2D eigenvalue weighted by Gasteiger charge is 2.47. The molecule has 0 bridgehead atoms. The summed E-state index contributed by atoms with van der Waals surface area (Å²) in [4.78, 5) is 27.4. The molecule has 8 heteroatoms. The molecule has 0 radical (unpaired) electrons. The van der Waals surface area contributed by atoms with E-state index in [0.29, 0.717) is 22.9 Å². The average molecular weight is 468 g/mol. The number of phenols is 1. The van der Waals surface area contributed by atoms with Crippen molar-refractivity contribution in [2.45, 2.75) is 13.0 Å². The van der Waals surface area contributed by atoms with Crippen LogP contribution in [0.4, 0.5) is 10.1 Å². The van der Waals surface area contributed by atoms with Crippen LogP contribution in [0.2, 0.25) is 5.02 Å². The van der Waals surface area contributed by atoms with Gasteiger partial charge in [-0.25, -0.2) is 4.39 Å². The summed E-state index contributed by atoms with van der Waals surface area (Å²) in [5.74, 6) is -2.37. The van der Waals surface area contributed by atoms with Gasteiger partial charge in [-0.15, -0.1) is 0 Å². The van der Waals surface area contributed by atoms with Crippen molar-refractivity contribution >= 4 is 34.7 Å². The number of carbonyl (C=O) groups is 2. The fourth-order valence-corrected chi connectivity index (χ4v) is 3.92. The highest BCUT2D eigenvalue weighted by molar-refractivity contribution is 6.51. The Morgan fingerprint density at radius 3 is 2.36 bits per heavy atom. The number of anilines is 1. The number of hydrogen-bond acceptors (Lipinski definition) is 5. The first kappa shape index (κ1) is 22.4. The molecule has 3 aromatic carbocycles. The third kappa shape index (κ3) is 4.15. The lowest BCUT2D eigenvalue weighted by molar-refractivity contribution is -0.132. The van der Waals surface area contributed by atoms with Crippen molar-refractivity contribution in [3.8, 4) is 11.5 Å². The average Bonchev–Trinajstić information content (AvgIpc) is 3.06. The van der Waals surface area contributed by atoms with Crippen LogP contribution >= 0.6 is 11.6 Å². The van der Waals surface area contributed by atoms with Crippen molar-refractivity contribution < 1.29 is 28.9 Å². The zero-order chi connectivity index (χ0) is 23.7. The maximum Gasteiger partial charge on any atom is 0.300 e. The summed E-state index contributed by atoms with van der Waals surface area (Å²) in [5.41, 5.74) is 0.835. The van der Waals surface area contributed by atoms with Gasteiger partial charge in [0.05, 0.1) is 23.2 Å². The normalized spacial score (nSPS) is 17.4. The van der Waals surface area contributed by atoms with E-state index in [2.05, 4.69) is 0 Å². The number of hydrogen-bond donors (Lipinski definition) is 2. The van der Waals surface area contributed by atoms with E-state index < -0.39 is 29.3 Å². The van der Waals surface area contributed by atoms with E-state index in [1.165, 1.54) is 59.5 Å². The highest BCUT2D eigenvalue weighted by atomic mass is 35.5. The summed E-state index contributed by atoms with van der Waals surface area (Å²) >= 11 is 6.14. The number of aliphatic hydroxyl groups is 1. The molecule has 0 saturated carbocycles. The monoisotopic (exact) mass is 467 g/mol. The lowest BCUT2D eigenvalue weighted by Crippen LogP contribution is -2.29. The molecule has 3 aromatic rings. The molecular weight excluding hydrogens is 449 g/mol. The number of carbonyl (C=O) groups excluding carboxylic acids is 2. The number of rotatable bonds is 5. The van der Waals surface area contributed by atoms with E-state index in [1.54, 1.807) is 19.1 Å². The largest absolute Gasteiger partial charge is 0.508 e. The lowest BCUT2D eigenvalue weighted by Gasteiger charge is -2.25. The van der Waals surface area contributed by atoms with Crippen LogP contribution in [0.3, 0.4) is 0 Å². The maximum absolute atomic E-state index is 13.5. The van der Waals surface area contributed by atoms with Gasteiger partial charge in [0.25, 0.3) is 11.7 Å². The molecule has 0 spiro atoms. The van der Waals surface area contributed by atoms with Crippen molar-refractivity contribution in [3.63, 3.8) is 0 Å². The summed E-state index contributed by atoms with van der Waals surface area (Å²) in [5, 5.41) is 21.2. The Labute approximate surface area is 194 Å². The van der Waals surface area contributed by atoms with E-state index in [9.17, 15) is 24.2 Å². The molecule has 1 heterocycles. The number of Topliss-reactive ketones (excluding diaryl/α,β-unsaturated/α-hetero) is 1. The smallest absolute Gasteiger partial charge is 0.300 e. The first-order chi connectivity index (χ1) is 15.8. The molecular formula is C25H19ClFNO5. The van der Waals surface area contributed by atoms with Gasteiger partial charge in [0.1, 0.15) is 23.1 Å². The molecule has 1 aliphatic rings. The minimum Gasteiger partial charge on any atom is -0.508 e. The number of phenolic OH excluding ortho intramolecular Hbond substituents is 1. The number of amides is 1. The van der Waals surface area contributed by atoms with Gasteiger partial charge in [-0.3, -0.25) is 14.5 Å². The van der Waals surface area contributed by atoms with Gasteiger partial charge in [0, 0.05) is 11.3 Å². The summed E-state index contributed by atoms with van der Waals surface area (Å²) in [6, 6.07) is 14.5. The van der Waals surface area contributed by atoms with E-state index in [4.69, 9.17) is 16.3 Å². The third-order valence-electron chi connectivity index (χ3n) is 5.26. The van der Waals surface area contributed by atoms with Gasteiger partial charge in [0.2, 0.25) is 0 Å². The van der Waals surface area contributed by atoms with Crippen LogP contribution in [0, 0.1) is 5.82 Å². The number of benzene rings is 3. The molecule has 168 valence electrons. The minimum atomic E-state index is -1.01. The van der Waals surface area contributed by atoms with Crippen LogP contribution in [0.25, 0.3) is 5.76 Å². The van der Waals surface area contributed by atoms with E-state index in [-0.39, 0.29) is 22.6 Å². The molecule has 1 aliphatic heterocycles. The Balaban J connectivity index is 1.92. The predicted octanol–water partition coefficient (Wildman–Crippen LogP) is 5.21. The number of aromatic hydroxyl groups is 1. The molecule has 1 atom stereocenters. The third-order valence-corrected chi connectivity index (χ3v) is 5.57. The van der Waals surface area contributed by atoms with Gasteiger partial charge in [-0.2, -0.15) is 0 Å². The Bertz CT molecular complexity index is 1250. The van der Waals surface area contributed by atoms with Gasteiger partial charge in [0.15, 0.2) is 0 Å². The zero-order valence-electron chi connectivity index (χ0n) is 17.5. The molecule has 2 N–H and O–H groups in total. The van der Waals surface area contributed by atoms with E-state index in [0.717, 1.165) is 0 Å². The standard InChI is InChI=1S/C25H19ClFNO5/c1-2-33-20-13-15(5-12-19(20)26)23(30)21-22(14-3-10-18(29)11-4-14)28(25(32)24(21)31)17-8-6-16(27)7-9-17/h3-13,22,29-30H,2H2,1H3/b23-21-. The second-order valence-corrected chi connectivity index (χ2v) is 7.72. The Morgan fingerprint density at radius 1 is 1.06 bits per heavy atom. The van der Waals surface area contributed by atoms with Crippen molar-refractivity contribution in [1.82, 2.24) is 0 Å². The van der Waals surface area contributed by atoms with Gasteiger partial charge < -0.3 is 14.9 Å². The molecule has 0 aromatic heterocycles. The van der Waals surface area contributed by atoms with Crippen LogP contribution in [0.15, 0.2) is 72.3 Å². The molecule has 4 rings (SSSR count). The molecule has 0 aliphatic carbocycles. The molecule has 1 unspecified atom stereocenters. The fourth-order valence-electron chi connectivity index (χ4n) is 3.74. The Morgan fingerprint density at radius 2 is 1.73 bits per heavy atom. The Hall–Kier alpha value is -3.84. The quantitative estimate of drug-likeness (QED) is 0.305. The van der Waals surface area contributed by atoms with Crippen molar-refractivity contribution in [2.24, 2.45) is 0 Å². The zero-order valence-corrected chi connectivity index (χ0v) is 18.2. The number of ketones is 1.